The van der Waals surface area contributed by atoms with Crippen molar-refractivity contribution in [3.05, 3.63) is 58.4 Å². The molecule has 4 rings (SSSR count). The number of hydrogen-bond acceptors (Lipinski definition) is 5. The summed E-state index contributed by atoms with van der Waals surface area (Å²) in [4.78, 5) is 14.4. The molecule has 0 unspecified atom stereocenters. The first-order valence-corrected chi connectivity index (χ1v) is 9.00. The molecular weight excluding hydrogens is 346 g/mol. The zero-order valence-corrected chi connectivity index (χ0v) is 15.2. The number of fused-ring (bicyclic) bond motifs is 1. The van der Waals surface area contributed by atoms with Crippen molar-refractivity contribution in [2.45, 2.75) is 6.54 Å². The number of nitrogens with one attached hydrogen (secondary N) is 1. The van der Waals surface area contributed by atoms with E-state index in [9.17, 15) is 9.90 Å². The van der Waals surface area contributed by atoms with Crippen molar-refractivity contribution in [2.75, 3.05) is 33.4 Å². The van der Waals surface area contributed by atoms with Crippen LogP contribution in [0.5, 0.6) is 11.5 Å². The van der Waals surface area contributed by atoms with Crippen LogP contribution in [-0.4, -0.2) is 38.5 Å². The van der Waals surface area contributed by atoms with Crippen LogP contribution >= 0.6 is 0 Å². The Bertz CT molecular complexity index is 1020. The lowest BCUT2D eigenvalue weighted by atomic mass is 10.0. The second kappa shape index (κ2) is 7.42. The van der Waals surface area contributed by atoms with Crippen LogP contribution in [0.1, 0.15) is 5.56 Å². The zero-order chi connectivity index (χ0) is 18.8. The molecule has 2 heterocycles. The minimum absolute atomic E-state index is 0.140. The van der Waals surface area contributed by atoms with Crippen LogP contribution in [0.3, 0.4) is 0 Å². The molecule has 3 aromatic rings. The molecule has 1 aliphatic heterocycles. The Balaban J connectivity index is 1.82. The number of hydrogen-bond donors (Lipinski definition) is 2. The lowest BCUT2D eigenvalue weighted by Gasteiger charge is -2.24. The maximum Gasteiger partial charge on any atom is 0.200 e. The molecule has 0 bridgehead atoms. The standard InChI is InChI=1S/C21H21NO5/c1-25-19-5-3-2-4-14(19)17-13-27-21-15(20(17)24)6-7-18(23)16(21)12-22-8-10-26-11-9-22/h2-7,13,23H,8-12H2,1H3/p+1. The van der Waals surface area contributed by atoms with Gasteiger partial charge in [-0.3, -0.25) is 4.79 Å². The fourth-order valence-electron chi connectivity index (χ4n) is 3.56. The van der Waals surface area contributed by atoms with Crippen molar-refractivity contribution in [3.8, 4) is 22.6 Å². The largest absolute Gasteiger partial charge is 0.507 e. The van der Waals surface area contributed by atoms with Crippen LogP contribution in [0.25, 0.3) is 22.1 Å². The highest BCUT2D eigenvalue weighted by Crippen LogP contribution is 2.31. The molecule has 0 saturated carbocycles. The molecule has 6 nitrogen and oxygen atoms in total. The zero-order valence-electron chi connectivity index (χ0n) is 15.2. The molecule has 0 aliphatic carbocycles. The Morgan fingerprint density at radius 2 is 1.89 bits per heavy atom. The predicted molar refractivity (Wildman–Crippen MR) is 101 cm³/mol. The predicted octanol–water partition coefficient (Wildman–Crippen LogP) is 1.59. The molecule has 0 amide bonds. The molecular formula is C21H22NO5+. The van der Waals surface area contributed by atoms with E-state index in [4.69, 9.17) is 13.9 Å². The topological polar surface area (TPSA) is 73.3 Å². The Labute approximate surface area is 156 Å². The summed E-state index contributed by atoms with van der Waals surface area (Å²) >= 11 is 0. The quantitative estimate of drug-likeness (QED) is 0.732. The molecule has 1 aliphatic rings. The minimum atomic E-state index is -0.140. The molecule has 0 atom stereocenters. The SMILES string of the molecule is COc1ccccc1-c1coc2c(C[NH+]3CCOCC3)c(O)ccc2c1=O. The Morgan fingerprint density at radius 3 is 2.67 bits per heavy atom. The van der Waals surface area contributed by atoms with Gasteiger partial charge in [-0.2, -0.15) is 0 Å². The summed E-state index contributed by atoms with van der Waals surface area (Å²) in [7, 11) is 1.57. The number of para-hydroxylation sites is 1. The van der Waals surface area contributed by atoms with Crippen LogP contribution in [0.15, 0.2) is 51.9 Å². The third-order valence-corrected chi connectivity index (χ3v) is 5.04. The average molecular weight is 368 g/mol. The van der Waals surface area contributed by atoms with Gasteiger partial charge < -0.3 is 23.9 Å². The fraction of sp³-hybridized carbons (Fsp3) is 0.286. The summed E-state index contributed by atoms with van der Waals surface area (Å²) in [6.45, 7) is 3.70. The Hall–Kier alpha value is -2.83. The van der Waals surface area contributed by atoms with Gasteiger partial charge in [-0.15, -0.1) is 0 Å². The molecule has 6 heteroatoms. The number of aromatic hydroxyl groups is 1. The lowest BCUT2D eigenvalue weighted by Crippen LogP contribution is -3.12. The monoisotopic (exact) mass is 368 g/mol. The van der Waals surface area contributed by atoms with Crippen molar-refractivity contribution in [1.29, 1.82) is 0 Å². The van der Waals surface area contributed by atoms with Crippen molar-refractivity contribution in [1.82, 2.24) is 0 Å². The third kappa shape index (κ3) is 3.29. The molecule has 1 aromatic heterocycles. The number of benzene rings is 2. The first-order valence-electron chi connectivity index (χ1n) is 9.00. The van der Waals surface area contributed by atoms with Crippen molar-refractivity contribution in [3.63, 3.8) is 0 Å². The number of ether oxygens (including phenoxy) is 2. The van der Waals surface area contributed by atoms with Crippen molar-refractivity contribution < 1.29 is 23.9 Å². The van der Waals surface area contributed by atoms with Gasteiger partial charge in [0.05, 0.1) is 36.8 Å². The highest BCUT2D eigenvalue weighted by molar-refractivity contribution is 5.86. The molecule has 0 spiro atoms. The van der Waals surface area contributed by atoms with Crippen LogP contribution in [0, 0.1) is 0 Å². The van der Waals surface area contributed by atoms with Gasteiger partial charge in [0.15, 0.2) is 0 Å². The summed E-state index contributed by atoms with van der Waals surface area (Å²) in [5, 5.41) is 10.8. The van der Waals surface area contributed by atoms with E-state index in [1.54, 1.807) is 19.2 Å². The van der Waals surface area contributed by atoms with Crippen LogP contribution in [0.4, 0.5) is 0 Å². The number of morpholine rings is 1. The van der Waals surface area contributed by atoms with Crippen molar-refractivity contribution >= 4 is 11.0 Å². The number of phenolic OH excluding ortho intramolecular Hbond substituents is 1. The highest BCUT2D eigenvalue weighted by Gasteiger charge is 2.21. The summed E-state index contributed by atoms with van der Waals surface area (Å²) < 4.78 is 16.6. The molecule has 1 fully saturated rings. The third-order valence-electron chi connectivity index (χ3n) is 5.04. The molecule has 1 saturated heterocycles. The van der Waals surface area contributed by atoms with E-state index in [2.05, 4.69) is 0 Å². The van der Waals surface area contributed by atoms with E-state index >= 15 is 0 Å². The van der Waals surface area contributed by atoms with E-state index in [0.29, 0.717) is 53.2 Å². The van der Waals surface area contributed by atoms with E-state index < -0.39 is 0 Å². The Kier molecular flexibility index (Phi) is 4.83. The molecule has 2 aromatic carbocycles. The smallest absolute Gasteiger partial charge is 0.200 e. The maximum absolute atomic E-state index is 13.1. The Morgan fingerprint density at radius 1 is 1.11 bits per heavy atom. The van der Waals surface area contributed by atoms with Gasteiger partial charge in [-0.1, -0.05) is 18.2 Å². The van der Waals surface area contributed by atoms with Crippen molar-refractivity contribution in [2.24, 2.45) is 0 Å². The van der Waals surface area contributed by atoms with Gasteiger partial charge in [-0.25, -0.2) is 0 Å². The molecule has 140 valence electrons. The van der Waals surface area contributed by atoms with Gasteiger partial charge in [0.2, 0.25) is 5.43 Å². The first kappa shape index (κ1) is 17.6. The highest BCUT2D eigenvalue weighted by atomic mass is 16.5. The van der Waals surface area contributed by atoms with Crippen LogP contribution in [0.2, 0.25) is 0 Å². The minimum Gasteiger partial charge on any atom is -0.507 e. The van der Waals surface area contributed by atoms with Gasteiger partial charge in [0.1, 0.15) is 43.0 Å². The molecule has 27 heavy (non-hydrogen) atoms. The van der Waals surface area contributed by atoms with Gasteiger partial charge in [-0.05, 0) is 18.2 Å². The normalized spacial score (nSPS) is 15.1. The summed E-state index contributed by atoms with van der Waals surface area (Å²) in [5.74, 6) is 0.760. The fourth-order valence-corrected chi connectivity index (χ4v) is 3.56. The van der Waals surface area contributed by atoms with Gasteiger partial charge in [0.25, 0.3) is 0 Å². The number of rotatable bonds is 4. The van der Waals surface area contributed by atoms with Gasteiger partial charge >= 0.3 is 0 Å². The molecule has 0 radical (unpaired) electrons. The van der Waals surface area contributed by atoms with E-state index in [0.717, 1.165) is 13.1 Å². The van der Waals surface area contributed by atoms with Crippen LogP contribution in [-0.2, 0) is 11.3 Å². The number of methoxy groups -OCH3 is 1. The summed E-state index contributed by atoms with van der Waals surface area (Å²) in [6, 6.07) is 10.5. The first-order chi connectivity index (χ1) is 13.2. The van der Waals surface area contributed by atoms with E-state index in [1.165, 1.54) is 11.2 Å². The van der Waals surface area contributed by atoms with E-state index in [1.807, 2.05) is 24.3 Å². The number of phenols is 1. The second-order valence-corrected chi connectivity index (χ2v) is 6.66. The maximum atomic E-state index is 13.1. The van der Waals surface area contributed by atoms with E-state index in [-0.39, 0.29) is 11.2 Å². The van der Waals surface area contributed by atoms with Gasteiger partial charge in [0, 0.05) is 5.56 Å². The molecule has 2 N–H and O–H groups in total. The summed E-state index contributed by atoms with van der Waals surface area (Å²) in [6.07, 6.45) is 1.46. The average Bonchev–Trinajstić information content (AvgIpc) is 2.71. The number of quaternary nitrogens is 1. The van der Waals surface area contributed by atoms with Crippen LogP contribution < -0.4 is 15.1 Å². The second-order valence-electron chi connectivity index (χ2n) is 6.66. The lowest BCUT2D eigenvalue weighted by molar-refractivity contribution is -0.921. The summed E-state index contributed by atoms with van der Waals surface area (Å²) in [5.41, 5.74) is 2.09.